The van der Waals surface area contributed by atoms with Crippen molar-refractivity contribution < 1.29 is 9.32 Å². The fraction of sp³-hybridized carbons (Fsp3) is 0.625. The van der Waals surface area contributed by atoms with Gasteiger partial charge in [-0.3, -0.25) is 4.79 Å². The number of amides is 1. The van der Waals surface area contributed by atoms with Crippen molar-refractivity contribution in [3.8, 4) is 0 Å². The van der Waals surface area contributed by atoms with Crippen LogP contribution in [0, 0.1) is 13.8 Å². The summed E-state index contributed by atoms with van der Waals surface area (Å²) in [5.74, 6) is 0.572. The molecule has 2 N–H and O–H groups in total. The zero-order chi connectivity index (χ0) is 17.3. The van der Waals surface area contributed by atoms with Crippen molar-refractivity contribution in [2.24, 2.45) is 5.73 Å². The maximum atomic E-state index is 12.6. The highest BCUT2D eigenvalue weighted by atomic mass is 16.5. The Morgan fingerprint density at radius 2 is 2.08 bits per heavy atom. The third kappa shape index (κ3) is 3.33. The first-order chi connectivity index (χ1) is 11.5. The lowest BCUT2D eigenvalue weighted by atomic mass is 9.92. The lowest BCUT2D eigenvalue weighted by Crippen LogP contribution is -2.28. The Balaban J connectivity index is 1.67. The second kappa shape index (κ2) is 6.72. The number of aromatic nitrogens is 4. The number of carbonyl (C=O) groups excluding carboxylic acids is 1. The highest BCUT2D eigenvalue weighted by Crippen LogP contribution is 2.27. The molecule has 0 unspecified atom stereocenters. The van der Waals surface area contributed by atoms with Gasteiger partial charge < -0.3 is 15.2 Å². The summed E-state index contributed by atoms with van der Waals surface area (Å²) in [4.78, 5) is 14.2. The van der Waals surface area contributed by atoms with E-state index in [0.717, 1.165) is 42.7 Å². The van der Waals surface area contributed by atoms with Gasteiger partial charge in [-0.15, -0.1) is 5.10 Å². The molecule has 0 bridgehead atoms. The van der Waals surface area contributed by atoms with Crippen LogP contribution in [0.25, 0.3) is 0 Å². The van der Waals surface area contributed by atoms with E-state index in [2.05, 4.69) is 15.5 Å². The molecule has 0 atom stereocenters. The van der Waals surface area contributed by atoms with E-state index in [1.165, 1.54) is 0 Å². The van der Waals surface area contributed by atoms with E-state index in [1.54, 1.807) is 18.1 Å². The van der Waals surface area contributed by atoms with Crippen LogP contribution in [0.5, 0.6) is 0 Å². The maximum absolute atomic E-state index is 12.6. The third-order valence-corrected chi connectivity index (χ3v) is 4.77. The molecule has 8 heteroatoms. The summed E-state index contributed by atoms with van der Waals surface area (Å²) >= 11 is 0. The molecule has 3 rings (SSSR count). The number of hydrogen-bond donors (Lipinski definition) is 1. The Bertz CT molecular complexity index is 694. The first-order valence-corrected chi connectivity index (χ1v) is 8.30. The van der Waals surface area contributed by atoms with E-state index < -0.39 is 0 Å². The molecule has 2 aromatic rings. The van der Waals surface area contributed by atoms with Gasteiger partial charge in [0.2, 0.25) is 0 Å². The first-order valence-electron chi connectivity index (χ1n) is 8.30. The SMILES string of the molecule is Cc1noc(C)c1CN(C)C(=O)c1cn(C2CCC(N)CC2)nn1. The third-order valence-electron chi connectivity index (χ3n) is 4.77. The van der Waals surface area contributed by atoms with Crippen molar-refractivity contribution in [2.75, 3.05) is 7.05 Å². The second-order valence-corrected chi connectivity index (χ2v) is 6.62. The number of nitrogens with zero attached hydrogens (tertiary/aromatic N) is 5. The zero-order valence-corrected chi connectivity index (χ0v) is 14.4. The second-order valence-electron chi connectivity index (χ2n) is 6.62. The lowest BCUT2D eigenvalue weighted by molar-refractivity contribution is 0.0778. The predicted molar refractivity (Wildman–Crippen MR) is 87.3 cm³/mol. The average molecular weight is 332 g/mol. The smallest absolute Gasteiger partial charge is 0.276 e. The summed E-state index contributed by atoms with van der Waals surface area (Å²) < 4.78 is 6.95. The monoisotopic (exact) mass is 332 g/mol. The van der Waals surface area contributed by atoms with Gasteiger partial charge >= 0.3 is 0 Å². The van der Waals surface area contributed by atoms with Gasteiger partial charge in [0.1, 0.15) is 5.76 Å². The highest BCUT2D eigenvalue weighted by Gasteiger charge is 2.24. The van der Waals surface area contributed by atoms with Crippen LogP contribution in [-0.2, 0) is 6.54 Å². The zero-order valence-electron chi connectivity index (χ0n) is 14.4. The molecular weight excluding hydrogens is 308 g/mol. The summed E-state index contributed by atoms with van der Waals surface area (Å²) in [5.41, 5.74) is 8.03. The summed E-state index contributed by atoms with van der Waals surface area (Å²) in [6.07, 6.45) is 5.67. The molecule has 0 saturated heterocycles. The van der Waals surface area contributed by atoms with Gasteiger partial charge in [-0.25, -0.2) is 4.68 Å². The van der Waals surface area contributed by atoms with E-state index in [4.69, 9.17) is 10.3 Å². The van der Waals surface area contributed by atoms with Gasteiger partial charge in [-0.2, -0.15) is 0 Å². The Hall–Kier alpha value is -2.22. The molecule has 0 spiro atoms. The number of rotatable bonds is 4. The number of carbonyl (C=O) groups is 1. The Labute approximate surface area is 141 Å². The van der Waals surface area contributed by atoms with Crippen LogP contribution in [0.1, 0.15) is 59.2 Å². The van der Waals surface area contributed by atoms with E-state index in [1.807, 2.05) is 18.5 Å². The van der Waals surface area contributed by atoms with Gasteiger partial charge in [0, 0.05) is 18.7 Å². The molecule has 8 nitrogen and oxygen atoms in total. The number of aryl methyl sites for hydroxylation is 2. The van der Waals surface area contributed by atoms with Gasteiger partial charge in [0.25, 0.3) is 5.91 Å². The Morgan fingerprint density at radius 3 is 2.71 bits per heavy atom. The van der Waals surface area contributed by atoms with Crippen LogP contribution in [0.4, 0.5) is 0 Å². The minimum Gasteiger partial charge on any atom is -0.361 e. The fourth-order valence-electron chi connectivity index (χ4n) is 3.15. The van der Waals surface area contributed by atoms with Crippen molar-refractivity contribution in [1.82, 2.24) is 25.1 Å². The topological polar surface area (TPSA) is 103 Å². The fourth-order valence-corrected chi connectivity index (χ4v) is 3.15. The van der Waals surface area contributed by atoms with Gasteiger partial charge in [-0.1, -0.05) is 10.4 Å². The molecule has 1 saturated carbocycles. The summed E-state index contributed by atoms with van der Waals surface area (Å²) in [5, 5.41) is 12.1. The minimum absolute atomic E-state index is 0.159. The number of hydrogen-bond acceptors (Lipinski definition) is 6. The number of nitrogens with two attached hydrogens (primary N) is 1. The van der Waals surface area contributed by atoms with Crippen molar-refractivity contribution in [2.45, 2.75) is 58.2 Å². The van der Waals surface area contributed by atoms with Crippen LogP contribution in [0.3, 0.4) is 0 Å². The molecule has 0 aliphatic heterocycles. The molecule has 1 aliphatic rings. The highest BCUT2D eigenvalue weighted by molar-refractivity contribution is 5.91. The molecule has 24 heavy (non-hydrogen) atoms. The Morgan fingerprint density at radius 1 is 1.38 bits per heavy atom. The van der Waals surface area contributed by atoms with Crippen LogP contribution in [0.2, 0.25) is 0 Å². The van der Waals surface area contributed by atoms with Crippen molar-refractivity contribution in [3.05, 3.63) is 28.9 Å². The molecule has 0 radical (unpaired) electrons. The summed E-state index contributed by atoms with van der Waals surface area (Å²) in [6.45, 7) is 4.15. The van der Waals surface area contributed by atoms with Crippen LogP contribution in [0.15, 0.2) is 10.7 Å². The van der Waals surface area contributed by atoms with Gasteiger partial charge in [-0.05, 0) is 39.5 Å². The van der Waals surface area contributed by atoms with Crippen LogP contribution < -0.4 is 5.73 Å². The van der Waals surface area contributed by atoms with E-state index >= 15 is 0 Å². The van der Waals surface area contributed by atoms with Crippen LogP contribution in [-0.4, -0.2) is 44.0 Å². The standard InChI is InChI=1S/C16H24N6O2/c1-10-14(11(2)24-19-10)8-21(3)16(23)15-9-22(20-18-15)13-6-4-12(17)5-7-13/h9,12-13H,4-8,17H2,1-3H3. The molecule has 1 amide bonds. The quantitative estimate of drug-likeness (QED) is 0.912. The first kappa shape index (κ1) is 16.6. The van der Waals surface area contributed by atoms with Crippen molar-refractivity contribution in [3.63, 3.8) is 0 Å². The Kier molecular flexibility index (Phi) is 4.66. The molecule has 2 aromatic heterocycles. The largest absolute Gasteiger partial charge is 0.361 e. The maximum Gasteiger partial charge on any atom is 0.276 e. The average Bonchev–Trinajstić information content (AvgIpc) is 3.17. The van der Waals surface area contributed by atoms with Gasteiger partial charge in [0.15, 0.2) is 5.69 Å². The lowest BCUT2D eigenvalue weighted by Gasteiger charge is -2.25. The molecule has 1 fully saturated rings. The molecule has 0 aromatic carbocycles. The van der Waals surface area contributed by atoms with E-state index in [0.29, 0.717) is 12.2 Å². The van der Waals surface area contributed by atoms with E-state index in [-0.39, 0.29) is 18.0 Å². The summed E-state index contributed by atoms with van der Waals surface area (Å²) in [7, 11) is 1.74. The minimum atomic E-state index is -0.159. The van der Waals surface area contributed by atoms with E-state index in [9.17, 15) is 4.79 Å². The predicted octanol–water partition coefficient (Wildman–Crippen LogP) is 1.60. The molecule has 130 valence electrons. The van der Waals surface area contributed by atoms with Crippen molar-refractivity contribution in [1.29, 1.82) is 0 Å². The van der Waals surface area contributed by atoms with Crippen LogP contribution >= 0.6 is 0 Å². The molecular formula is C16H24N6O2. The normalized spacial score (nSPS) is 21.0. The molecule has 1 aliphatic carbocycles. The molecule has 2 heterocycles. The van der Waals surface area contributed by atoms with Crippen molar-refractivity contribution >= 4 is 5.91 Å². The van der Waals surface area contributed by atoms with Gasteiger partial charge in [0.05, 0.1) is 24.5 Å². The summed E-state index contributed by atoms with van der Waals surface area (Å²) in [6, 6.07) is 0.568.